The molecule has 1 N–H and O–H groups in total. The molecule has 170 valence electrons. The first-order chi connectivity index (χ1) is 15.9. The number of aromatic nitrogens is 2. The number of rotatable bonds is 7. The molecule has 0 saturated heterocycles. The van der Waals surface area contributed by atoms with E-state index in [-0.39, 0.29) is 24.8 Å². The molecule has 0 saturated carbocycles. The van der Waals surface area contributed by atoms with Gasteiger partial charge >= 0.3 is 5.97 Å². The number of anilines is 1. The van der Waals surface area contributed by atoms with Gasteiger partial charge in [0.1, 0.15) is 5.82 Å². The average Bonchev–Trinajstić information content (AvgIpc) is 3.32. The van der Waals surface area contributed by atoms with Crippen LogP contribution in [0.15, 0.2) is 48.5 Å². The van der Waals surface area contributed by atoms with Crippen molar-refractivity contribution >= 4 is 38.6 Å². The predicted molar refractivity (Wildman–Crippen MR) is 128 cm³/mol. The number of nitrogens with zero attached hydrogens (tertiary/aromatic N) is 2. The number of hydrogen-bond acceptors (Lipinski definition) is 5. The van der Waals surface area contributed by atoms with Crippen molar-refractivity contribution in [2.75, 3.05) is 11.9 Å². The lowest BCUT2D eigenvalue weighted by atomic mass is 10.1. The highest BCUT2D eigenvalue weighted by Gasteiger charge is 2.20. The molecular weight excluding hydrogens is 441 g/mol. The van der Waals surface area contributed by atoms with Crippen LogP contribution in [0.4, 0.5) is 9.52 Å². The zero-order valence-corrected chi connectivity index (χ0v) is 19.5. The third-order valence-electron chi connectivity index (χ3n) is 5.35. The van der Waals surface area contributed by atoms with Crippen molar-refractivity contribution in [2.24, 2.45) is 0 Å². The number of fused-ring (bicyclic) bond motifs is 1. The molecule has 0 atom stereocenters. The molecule has 0 spiro atoms. The maximum atomic E-state index is 13.4. The molecule has 2 aromatic carbocycles. The minimum absolute atomic E-state index is 0.179. The summed E-state index contributed by atoms with van der Waals surface area (Å²) in [5.74, 6) is -0.947. The Kier molecular flexibility index (Phi) is 6.55. The van der Waals surface area contributed by atoms with Gasteiger partial charge in [0.15, 0.2) is 5.13 Å². The number of amides is 1. The van der Waals surface area contributed by atoms with E-state index in [0.717, 1.165) is 27.0 Å². The van der Waals surface area contributed by atoms with E-state index in [9.17, 15) is 14.0 Å². The summed E-state index contributed by atoms with van der Waals surface area (Å²) in [6.07, 6.45) is 0.181. The monoisotopic (exact) mass is 465 g/mol. The molecule has 2 aromatic heterocycles. The van der Waals surface area contributed by atoms with Gasteiger partial charge in [-0.15, -0.1) is 0 Å². The van der Waals surface area contributed by atoms with Crippen molar-refractivity contribution in [3.63, 3.8) is 0 Å². The lowest BCUT2D eigenvalue weighted by molar-refractivity contribution is -0.116. The first-order valence-electron chi connectivity index (χ1n) is 10.7. The Balaban J connectivity index is 1.55. The molecule has 1 amide bonds. The molecule has 0 aliphatic rings. The van der Waals surface area contributed by atoms with Gasteiger partial charge in [-0.25, -0.2) is 14.2 Å². The summed E-state index contributed by atoms with van der Waals surface area (Å²) in [6.45, 7) is 6.18. The highest BCUT2D eigenvalue weighted by molar-refractivity contribution is 7.22. The number of thiazole rings is 1. The average molecular weight is 466 g/mol. The van der Waals surface area contributed by atoms with E-state index >= 15 is 0 Å². The minimum atomic E-state index is -0.425. The molecule has 8 heteroatoms. The van der Waals surface area contributed by atoms with Crippen LogP contribution in [0.25, 0.3) is 21.5 Å². The van der Waals surface area contributed by atoms with Crippen molar-refractivity contribution in [3.05, 3.63) is 71.2 Å². The fourth-order valence-electron chi connectivity index (χ4n) is 3.69. The van der Waals surface area contributed by atoms with E-state index in [4.69, 9.17) is 4.74 Å². The molecule has 33 heavy (non-hydrogen) atoms. The number of carbonyl (C=O) groups is 2. The summed E-state index contributed by atoms with van der Waals surface area (Å²) in [7, 11) is 0. The smallest absolute Gasteiger partial charge is 0.339 e. The SMILES string of the molecule is CCOC(=O)c1cc(-c2ccc(F)cc2)n(CCC(=O)Nc2nc3ccc(C)cc3s2)c1C. The largest absolute Gasteiger partial charge is 0.462 e. The zero-order chi connectivity index (χ0) is 23.5. The normalized spacial score (nSPS) is 11.0. The number of nitrogens with one attached hydrogen (secondary N) is 1. The van der Waals surface area contributed by atoms with E-state index in [2.05, 4.69) is 10.3 Å². The number of aryl methyl sites for hydroxylation is 1. The molecule has 0 fully saturated rings. The standard InChI is InChI=1S/C25H24FN3O3S/c1-4-32-24(31)19-14-21(17-6-8-18(26)9-7-17)29(16(19)3)12-11-23(30)28-25-27-20-10-5-15(2)13-22(20)33-25/h5-10,13-14H,4,11-12H2,1-3H3,(H,27,28,30). The molecule has 0 unspecified atom stereocenters. The van der Waals surface area contributed by atoms with Gasteiger partial charge in [0, 0.05) is 24.4 Å². The second-order valence-electron chi connectivity index (χ2n) is 7.70. The van der Waals surface area contributed by atoms with Gasteiger partial charge < -0.3 is 14.6 Å². The highest BCUT2D eigenvalue weighted by Crippen LogP contribution is 2.29. The molecular formula is C25H24FN3O3S. The van der Waals surface area contributed by atoms with Crippen LogP contribution in [0.2, 0.25) is 0 Å². The van der Waals surface area contributed by atoms with Crippen LogP contribution in [0, 0.1) is 19.7 Å². The van der Waals surface area contributed by atoms with Crippen LogP contribution in [-0.4, -0.2) is 28.0 Å². The Labute approximate surface area is 195 Å². The van der Waals surface area contributed by atoms with Crippen LogP contribution in [-0.2, 0) is 16.1 Å². The van der Waals surface area contributed by atoms with Crippen LogP contribution < -0.4 is 5.32 Å². The maximum Gasteiger partial charge on any atom is 0.339 e. The van der Waals surface area contributed by atoms with Crippen molar-refractivity contribution in [2.45, 2.75) is 33.7 Å². The van der Waals surface area contributed by atoms with Crippen molar-refractivity contribution in [3.8, 4) is 11.3 Å². The zero-order valence-electron chi connectivity index (χ0n) is 18.6. The Bertz CT molecular complexity index is 1320. The van der Waals surface area contributed by atoms with Gasteiger partial charge in [0.2, 0.25) is 5.91 Å². The summed E-state index contributed by atoms with van der Waals surface area (Å²) in [5, 5.41) is 3.42. The van der Waals surface area contributed by atoms with Crippen LogP contribution >= 0.6 is 11.3 Å². The number of esters is 1. The molecule has 6 nitrogen and oxygen atoms in total. The van der Waals surface area contributed by atoms with Gasteiger partial charge in [-0.3, -0.25) is 4.79 Å². The first kappa shape index (κ1) is 22.7. The summed E-state index contributed by atoms with van der Waals surface area (Å²) >= 11 is 1.43. The second-order valence-corrected chi connectivity index (χ2v) is 8.73. The lowest BCUT2D eigenvalue weighted by Crippen LogP contribution is -2.15. The Morgan fingerprint density at radius 3 is 2.61 bits per heavy atom. The fraction of sp³-hybridized carbons (Fsp3) is 0.240. The van der Waals surface area contributed by atoms with E-state index in [1.807, 2.05) is 36.6 Å². The Morgan fingerprint density at radius 2 is 1.88 bits per heavy atom. The molecule has 2 heterocycles. The molecule has 0 radical (unpaired) electrons. The highest BCUT2D eigenvalue weighted by atomic mass is 32.1. The lowest BCUT2D eigenvalue weighted by Gasteiger charge is -2.12. The topological polar surface area (TPSA) is 73.2 Å². The van der Waals surface area contributed by atoms with Gasteiger partial charge in [0.25, 0.3) is 0 Å². The van der Waals surface area contributed by atoms with Crippen molar-refractivity contribution in [1.82, 2.24) is 9.55 Å². The predicted octanol–water partition coefficient (Wildman–Crippen LogP) is 5.73. The van der Waals surface area contributed by atoms with Gasteiger partial charge in [-0.05, 0) is 74.4 Å². The quantitative estimate of drug-likeness (QED) is 0.354. The third kappa shape index (κ3) is 4.96. The molecule has 4 rings (SSSR count). The molecule has 0 bridgehead atoms. The van der Waals surface area contributed by atoms with E-state index in [1.54, 1.807) is 25.1 Å². The summed E-state index contributed by atoms with van der Waals surface area (Å²) in [6, 6.07) is 13.7. The Hall–Kier alpha value is -3.52. The molecule has 0 aliphatic carbocycles. The maximum absolute atomic E-state index is 13.4. The first-order valence-corrected chi connectivity index (χ1v) is 11.5. The van der Waals surface area contributed by atoms with E-state index in [0.29, 0.717) is 22.9 Å². The summed E-state index contributed by atoms with van der Waals surface area (Å²) in [5.41, 5.74) is 4.57. The minimum Gasteiger partial charge on any atom is -0.462 e. The number of carbonyl (C=O) groups excluding carboxylic acids is 2. The van der Waals surface area contributed by atoms with Crippen LogP contribution in [0.5, 0.6) is 0 Å². The molecule has 0 aliphatic heterocycles. The van der Waals surface area contributed by atoms with E-state index < -0.39 is 5.97 Å². The second kappa shape index (κ2) is 9.54. The summed E-state index contributed by atoms with van der Waals surface area (Å²) in [4.78, 5) is 29.6. The number of halogens is 1. The van der Waals surface area contributed by atoms with Crippen molar-refractivity contribution in [1.29, 1.82) is 0 Å². The van der Waals surface area contributed by atoms with Crippen molar-refractivity contribution < 1.29 is 18.7 Å². The summed E-state index contributed by atoms with van der Waals surface area (Å²) < 4.78 is 21.5. The van der Waals surface area contributed by atoms with Crippen LogP contribution in [0.3, 0.4) is 0 Å². The van der Waals surface area contributed by atoms with E-state index in [1.165, 1.54) is 23.5 Å². The number of ether oxygens (including phenoxy) is 1. The van der Waals surface area contributed by atoms with Crippen LogP contribution in [0.1, 0.15) is 35.0 Å². The fourth-order valence-corrected chi connectivity index (χ4v) is 4.67. The molecule has 4 aromatic rings. The van der Waals surface area contributed by atoms with Gasteiger partial charge in [0.05, 0.1) is 22.4 Å². The van der Waals surface area contributed by atoms with Gasteiger partial charge in [-0.2, -0.15) is 0 Å². The number of hydrogen-bond donors (Lipinski definition) is 1. The van der Waals surface area contributed by atoms with Gasteiger partial charge in [-0.1, -0.05) is 17.4 Å². The number of benzene rings is 2. The Morgan fingerprint density at radius 1 is 1.12 bits per heavy atom. The third-order valence-corrected chi connectivity index (χ3v) is 6.29.